The second kappa shape index (κ2) is 7.40. The number of benzene rings is 2. The third kappa shape index (κ3) is 4.03. The van der Waals surface area contributed by atoms with Crippen molar-refractivity contribution in [1.29, 1.82) is 5.26 Å². The van der Waals surface area contributed by atoms with E-state index in [0.29, 0.717) is 17.8 Å². The van der Waals surface area contributed by atoms with Gasteiger partial charge < -0.3 is 15.0 Å². The van der Waals surface area contributed by atoms with E-state index in [9.17, 15) is 22.8 Å². The fourth-order valence-electron chi connectivity index (χ4n) is 2.88. The van der Waals surface area contributed by atoms with Gasteiger partial charge in [-0.1, -0.05) is 6.07 Å². The number of aromatic nitrogens is 2. The number of pyridine rings is 1. The van der Waals surface area contributed by atoms with Crippen LogP contribution < -0.4 is 10.1 Å². The van der Waals surface area contributed by atoms with Gasteiger partial charge >= 0.3 is 6.18 Å². The zero-order valence-electron chi connectivity index (χ0n) is 15.1. The second-order valence-corrected chi connectivity index (χ2v) is 6.33. The summed E-state index contributed by atoms with van der Waals surface area (Å²) in [7, 11) is 0. The predicted molar refractivity (Wildman–Crippen MR) is 102 cm³/mol. The SMILES string of the molecule is N#Cc1cc(Oc2ccc(C(F)(F)F)c(F)c2)cc(Nc2ccc3cc[nH]c3c2)n1. The van der Waals surface area contributed by atoms with E-state index in [0.717, 1.165) is 17.0 Å². The summed E-state index contributed by atoms with van der Waals surface area (Å²) >= 11 is 0. The van der Waals surface area contributed by atoms with Crippen LogP contribution in [0.3, 0.4) is 0 Å². The second-order valence-electron chi connectivity index (χ2n) is 6.33. The molecule has 0 saturated carbocycles. The molecule has 150 valence electrons. The number of aromatic amines is 1. The van der Waals surface area contributed by atoms with Gasteiger partial charge in [0.15, 0.2) is 0 Å². The van der Waals surface area contributed by atoms with Crippen molar-refractivity contribution in [2.24, 2.45) is 0 Å². The lowest BCUT2D eigenvalue weighted by Crippen LogP contribution is -2.07. The molecular formula is C21H12F4N4O. The predicted octanol–water partition coefficient (Wildman–Crippen LogP) is 6.13. The van der Waals surface area contributed by atoms with E-state index < -0.39 is 17.6 Å². The van der Waals surface area contributed by atoms with Crippen molar-refractivity contribution >= 4 is 22.4 Å². The smallest absolute Gasteiger partial charge is 0.419 e. The van der Waals surface area contributed by atoms with Gasteiger partial charge in [-0.05, 0) is 35.7 Å². The number of nitriles is 1. The maximum atomic E-state index is 13.8. The highest BCUT2D eigenvalue weighted by atomic mass is 19.4. The van der Waals surface area contributed by atoms with E-state index in [4.69, 9.17) is 4.74 Å². The Morgan fingerprint density at radius 3 is 2.57 bits per heavy atom. The molecule has 0 aliphatic heterocycles. The molecule has 5 nitrogen and oxygen atoms in total. The third-order valence-corrected chi connectivity index (χ3v) is 4.22. The first-order valence-corrected chi connectivity index (χ1v) is 8.63. The van der Waals surface area contributed by atoms with Gasteiger partial charge in [0.1, 0.15) is 34.9 Å². The van der Waals surface area contributed by atoms with E-state index in [-0.39, 0.29) is 23.0 Å². The summed E-state index contributed by atoms with van der Waals surface area (Å²) < 4.78 is 57.4. The summed E-state index contributed by atoms with van der Waals surface area (Å²) in [5.74, 6) is -1.20. The molecule has 0 fully saturated rings. The molecule has 0 saturated heterocycles. The van der Waals surface area contributed by atoms with Crippen molar-refractivity contribution < 1.29 is 22.3 Å². The van der Waals surface area contributed by atoms with Crippen LogP contribution in [0, 0.1) is 17.1 Å². The quantitative estimate of drug-likeness (QED) is 0.396. The lowest BCUT2D eigenvalue weighted by atomic mass is 10.2. The number of anilines is 2. The normalized spacial score (nSPS) is 11.3. The van der Waals surface area contributed by atoms with Crippen LogP contribution in [0.1, 0.15) is 11.3 Å². The van der Waals surface area contributed by atoms with Crippen molar-refractivity contribution in [2.75, 3.05) is 5.32 Å². The summed E-state index contributed by atoms with van der Waals surface area (Å²) in [6.07, 6.45) is -3.00. The Hall–Kier alpha value is -4.06. The molecule has 4 aromatic rings. The number of hydrogen-bond acceptors (Lipinski definition) is 4. The highest BCUT2D eigenvalue weighted by Crippen LogP contribution is 2.34. The zero-order valence-corrected chi connectivity index (χ0v) is 15.1. The van der Waals surface area contributed by atoms with Crippen molar-refractivity contribution in [3.8, 4) is 17.6 Å². The fraction of sp³-hybridized carbons (Fsp3) is 0.0476. The Labute approximate surface area is 167 Å². The number of rotatable bonds is 4. The summed E-state index contributed by atoms with van der Waals surface area (Å²) in [6, 6.07) is 14.4. The Bertz CT molecular complexity index is 1270. The summed E-state index contributed by atoms with van der Waals surface area (Å²) in [4.78, 5) is 7.21. The Kier molecular flexibility index (Phi) is 4.75. The molecule has 2 N–H and O–H groups in total. The standard InChI is InChI=1S/C21H12F4N4O/c22-18-9-15(3-4-17(18)21(23,24)25)30-16-7-14(11-26)29-20(10-16)28-13-2-1-12-5-6-27-19(12)8-13/h1-10,27H,(H,28,29). The Balaban J connectivity index is 1.61. The Morgan fingerprint density at radius 2 is 1.83 bits per heavy atom. The van der Waals surface area contributed by atoms with Crippen LogP contribution in [-0.2, 0) is 6.18 Å². The maximum absolute atomic E-state index is 13.8. The molecule has 0 atom stereocenters. The molecule has 0 aliphatic carbocycles. The first kappa shape index (κ1) is 19.3. The van der Waals surface area contributed by atoms with Crippen molar-refractivity contribution in [1.82, 2.24) is 9.97 Å². The largest absolute Gasteiger partial charge is 0.457 e. The molecule has 4 rings (SSSR count). The molecule has 0 unspecified atom stereocenters. The summed E-state index contributed by atoms with van der Waals surface area (Å²) in [6.45, 7) is 0. The molecule has 0 aliphatic rings. The van der Waals surface area contributed by atoms with Crippen LogP contribution >= 0.6 is 0 Å². The minimum Gasteiger partial charge on any atom is -0.457 e. The molecule has 9 heteroatoms. The molecule has 30 heavy (non-hydrogen) atoms. The average molecular weight is 412 g/mol. The van der Waals surface area contributed by atoms with E-state index in [1.165, 1.54) is 12.1 Å². The van der Waals surface area contributed by atoms with Crippen LogP contribution in [0.4, 0.5) is 29.1 Å². The number of fused-ring (bicyclic) bond motifs is 1. The van der Waals surface area contributed by atoms with Gasteiger partial charge in [-0.2, -0.15) is 18.4 Å². The molecule has 0 spiro atoms. The van der Waals surface area contributed by atoms with Gasteiger partial charge in [-0.25, -0.2) is 9.37 Å². The number of hydrogen-bond donors (Lipinski definition) is 2. The topological polar surface area (TPSA) is 73.7 Å². The minimum absolute atomic E-state index is 0.0170. The van der Waals surface area contributed by atoms with Crippen molar-refractivity contribution in [3.05, 3.63) is 77.9 Å². The molecular weight excluding hydrogens is 400 g/mol. The lowest BCUT2D eigenvalue weighted by molar-refractivity contribution is -0.140. The number of ether oxygens (including phenoxy) is 1. The van der Waals surface area contributed by atoms with Gasteiger partial charge in [-0.3, -0.25) is 0 Å². The van der Waals surface area contributed by atoms with Crippen molar-refractivity contribution in [3.63, 3.8) is 0 Å². The highest BCUT2D eigenvalue weighted by Gasteiger charge is 2.34. The maximum Gasteiger partial charge on any atom is 0.419 e. The summed E-state index contributed by atoms with van der Waals surface area (Å²) in [5, 5.41) is 13.3. The molecule has 2 aromatic heterocycles. The first-order chi connectivity index (χ1) is 14.3. The number of nitrogens with one attached hydrogen (secondary N) is 2. The number of halogens is 4. The van der Waals surface area contributed by atoms with Crippen LogP contribution in [0.5, 0.6) is 11.5 Å². The van der Waals surface area contributed by atoms with Crippen molar-refractivity contribution in [2.45, 2.75) is 6.18 Å². The van der Waals surface area contributed by atoms with Crippen LogP contribution in [-0.4, -0.2) is 9.97 Å². The van der Waals surface area contributed by atoms with Gasteiger partial charge in [0.25, 0.3) is 0 Å². The van der Waals surface area contributed by atoms with E-state index >= 15 is 0 Å². The van der Waals surface area contributed by atoms with Gasteiger partial charge in [0, 0.05) is 35.6 Å². The molecule has 2 aromatic carbocycles. The Morgan fingerprint density at radius 1 is 1.00 bits per heavy atom. The van der Waals surface area contributed by atoms with Gasteiger partial charge in [0.2, 0.25) is 0 Å². The number of alkyl halides is 3. The molecule has 0 radical (unpaired) electrons. The van der Waals surface area contributed by atoms with Crippen LogP contribution in [0.15, 0.2) is 60.8 Å². The van der Waals surface area contributed by atoms with Crippen LogP contribution in [0.25, 0.3) is 10.9 Å². The monoisotopic (exact) mass is 412 g/mol. The average Bonchev–Trinajstić information content (AvgIpc) is 3.14. The number of H-pyrrole nitrogens is 1. The van der Waals surface area contributed by atoms with E-state index in [2.05, 4.69) is 15.3 Å². The van der Waals surface area contributed by atoms with Gasteiger partial charge in [-0.15, -0.1) is 0 Å². The summed E-state index contributed by atoms with van der Waals surface area (Å²) in [5.41, 5.74) is 0.222. The first-order valence-electron chi connectivity index (χ1n) is 8.63. The molecule has 0 amide bonds. The van der Waals surface area contributed by atoms with Crippen LogP contribution in [0.2, 0.25) is 0 Å². The van der Waals surface area contributed by atoms with Gasteiger partial charge in [0.05, 0.1) is 5.56 Å². The lowest BCUT2D eigenvalue weighted by Gasteiger charge is -2.12. The highest BCUT2D eigenvalue weighted by molar-refractivity contribution is 5.83. The van der Waals surface area contributed by atoms with E-state index in [1.54, 1.807) is 6.20 Å². The fourth-order valence-corrected chi connectivity index (χ4v) is 2.88. The van der Waals surface area contributed by atoms with E-state index in [1.807, 2.05) is 30.3 Å². The molecule has 0 bridgehead atoms. The zero-order chi connectivity index (χ0) is 21.3. The number of nitrogens with zero attached hydrogens (tertiary/aromatic N) is 2. The minimum atomic E-state index is -4.80. The third-order valence-electron chi connectivity index (χ3n) is 4.22. The molecule has 2 heterocycles.